The van der Waals surface area contributed by atoms with Crippen LogP contribution in [0.15, 0.2) is 24.3 Å². The Morgan fingerprint density at radius 1 is 1.20 bits per heavy atom. The summed E-state index contributed by atoms with van der Waals surface area (Å²) < 4.78 is 0. The molecule has 2 aliphatic rings. The number of piperidine rings is 1. The summed E-state index contributed by atoms with van der Waals surface area (Å²) in [6, 6.07) is 7.97. The van der Waals surface area contributed by atoms with Gasteiger partial charge in [-0.1, -0.05) is 36.6 Å². The lowest BCUT2D eigenvalue weighted by atomic mass is 9.77. The Kier molecular flexibility index (Phi) is 7.60. The Balaban J connectivity index is 0.00000225. The van der Waals surface area contributed by atoms with Crippen molar-refractivity contribution in [1.29, 1.82) is 0 Å². The van der Waals surface area contributed by atoms with E-state index in [0.29, 0.717) is 5.91 Å². The summed E-state index contributed by atoms with van der Waals surface area (Å²) in [6.07, 6.45) is 7.76. The highest BCUT2D eigenvalue weighted by molar-refractivity contribution is 6.30. The van der Waals surface area contributed by atoms with E-state index in [-0.39, 0.29) is 17.8 Å². The minimum Gasteiger partial charge on any atom is -0.342 e. The SMILES string of the molecule is CNCCC1CCN(C(=O)C2(c3ccc(Cl)cc3)CCCC2)CC1.Cl. The van der Waals surface area contributed by atoms with Crippen LogP contribution in [-0.2, 0) is 10.2 Å². The average Bonchev–Trinajstić information content (AvgIpc) is 3.11. The molecular formula is C20H30Cl2N2O. The summed E-state index contributed by atoms with van der Waals surface area (Å²) in [7, 11) is 2.01. The van der Waals surface area contributed by atoms with Gasteiger partial charge in [-0.25, -0.2) is 0 Å². The van der Waals surface area contributed by atoms with Crippen LogP contribution < -0.4 is 5.32 Å². The number of carbonyl (C=O) groups excluding carboxylic acids is 1. The van der Waals surface area contributed by atoms with Gasteiger partial charge in [0.1, 0.15) is 0 Å². The maximum atomic E-state index is 13.4. The van der Waals surface area contributed by atoms with E-state index in [0.717, 1.165) is 74.7 Å². The summed E-state index contributed by atoms with van der Waals surface area (Å²) >= 11 is 6.05. The topological polar surface area (TPSA) is 32.3 Å². The van der Waals surface area contributed by atoms with Crippen LogP contribution in [0.4, 0.5) is 0 Å². The summed E-state index contributed by atoms with van der Waals surface area (Å²) in [5.41, 5.74) is 0.856. The first-order chi connectivity index (χ1) is 11.7. The van der Waals surface area contributed by atoms with Crippen molar-refractivity contribution in [2.45, 2.75) is 50.4 Å². The van der Waals surface area contributed by atoms with Gasteiger partial charge in [0.25, 0.3) is 0 Å². The zero-order valence-corrected chi connectivity index (χ0v) is 16.7. The van der Waals surface area contributed by atoms with E-state index in [1.165, 1.54) is 6.42 Å². The fourth-order valence-corrected chi connectivity index (χ4v) is 4.58. The third kappa shape index (κ3) is 4.50. The molecule has 2 fully saturated rings. The molecule has 1 aromatic carbocycles. The monoisotopic (exact) mass is 384 g/mol. The number of rotatable bonds is 5. The lowest BCUT2D eigenvalue weighted by molar-refractivity contribution is -0.138. The van der Waals surface area contributed by atoms with E-state index < -0.39 is 0 Å². The van der Waals surface area contributed by atoms with E-state index in [1.54, 1.807) is 0 Å². The molecule has 1 aliphatic heterocycles. The van der Waals surface area contributed by atoms with Gasteiger partial charge >= 0.3 is 0 Å². The molecule has 3 rings (SSSR count). The Bertz CT molecular complexity index is 547. The van der Waals surface area contributed by atoms with Gasteiger partial charge in [0.05, 0.1) is 5.41 Å². The molecule has 0 unspecified atom stereocenters. The third-order valence-corrected chi connectivity index (χ3v) is 6.22. The van der Waals surface area contributed by atoms with Crippen molar-refractivity contribution in [3.63, 3.8) is 0 Å². The molecule has 0 radical (unpaired) electrons. The predicted molar refractivity (Wildman–Crippen MR) is 107 cm³/mol. The van der Waals surface area contributed by atoms with E-state index in [1.807, 2.05) is 19.2 Å². The lowest BCUT2D eigenvalue weighted by Gasteiger charge is -2.39. The van der Waals surface area contributed by atoms with Crippen molar-refractivity contribution in [2.75, 3.05) is 26.7 Å². The summed E-state index contributed by atoms with van der Waals surface area (Å²) in [5.74, 6) is 1.12. The lowest BCUT2D eigenvalue weighted by Crippen LogP contribution is -2.48. The van der Waals surface area contributed by atoms with Gasteiger partial charge in [-0.3, -0.25) is 4.79 Å². The van der Waals surface area contributed by atoms with Crippen LogP contribution in [0.3, 0.4) is 0 Å². The Morgan fingerprint density at radius 2 is 1.80 bits per heavy atom. The van der Waals surface area contributed by atoms with Gasteiger partial charge in [-0.2, -0.15) is 0 Å². The zero-order chi connectivity index (χ0) is 17.0. The second-order valence-electron chi connectivity index (χ2n) is 7.42. The molecule has 5 heteroatoms. The van der Waals surface area contributed by atoms with Crippen molar-refractivity contribution in [1.82, 2.24) is 10.2 Å². The Hall–Kier alpha value is -0.770. The smallest absolute Gasteiger partial charge is 0.233 e. The number of nitrogens with zero attached hydrogens (tertiary/aromatic N) is 1. The molecule has 1 saturated carbocycles. The zero-order valence-electron chi connectivity index (χ0n) is 15.1. The quantitative estimate of drug-likeness (QED) is 0.814. The van der Waals surface area contributed by atoms with E-state index in [9.17, 15) is 4.79 Å². The number of likely N-dealkylation sites (tertiary alicyclic amines) is 1. The summed E-state index contributed by atoms with van der Waals surface area (Å²) in [5, 5.41) is 3.97. The normalized spacial score (nSPS) is 20.3. The molecule has 3 nitrogen and oxygen atoms in total. The highest BCUT2D eigenvalue weighted by atomic mass is 35.5. The Labute approximate surface area is 162 Å². The number of carbonyl (C=O) groups is 1. The molecular weight excluding hydrogens is 355 g/mol. The number of halogens is 2. The van der Waals surface area contributed by atoms with Crippen LogP contribution in [-0.4, -0.2) is 37.5 Å². The fraction of sp³-hybridized carbons (Fsp3) is 0.650. The van der Waals surface area contributed by atoms with E-state index in [4.69, 9.17) is 11.6 Å². The van der Waals surface area contributed by atoms with Crippen LogP contribution in [0.2, 0.25) is 5.02 Å². The van der Waals surface area contributed by atoms with Gasteiger partial charge < -0.3 is 10.2 Å². The van der Waals surface area contributed by atoms with Gasteiger partial charge in [0.2, 0.25) is 5.91 Å². The van der Waals surface area contributed by atoms with Crippen LogP contribution in [0.5, 0.6) is 0 Å². The first-order valence-corrected chi connectivity index (χ1v) is 9.73. The van der Waals surface area contributed by atoms with Gasteiger partial charge in [-0.15, -0.1) is 12.4 Å². The first-order valence-electron chi connectivity index (χ1n) is 9.36. The van der Waals surface area contributed by atoms with Gasteiger partial charge in [0, 0.05) is 18.1 Å². The number of nitrogens with one attached hydrogen (secondary N) is 1. The highest BCUT2D eigenvalue weighted by Crippen LogP contribution is 2.43. The largest absolute Gasteiger partial charge is 0.342 e. The molecule has 140 valence electrons. The van der Waals surface area contributed by atoms with Crippen LogP contribution in [0.25, 0.3) is 0 Å². The average molecular weight is 385 g/mol. The molecule has 0 spiro atoms. The number of amides is 1. The molecule has 25 heavy (non-hydrogen) atoms. The number of hydrogen-bond donors (Lipinski definition) is 1. The van der Waals surface area contributed by atoms with Crippen LogP contribution >= 0.6 is 24.0 Å². The summed E-state index contributed by atoms with van der Waals surface area (Å²) in [4.78, 5) is 15.5. The third-order valence-electron chi connectivity index (χ3n) is 5.97. The molecule has 0 aromatic heterocycles. The predicted octanol–water partition coefficient (Wildman–Crippen LogP) is 4.42. The molecule has 1 saturated heterocycles. The van der Waals surface area contributed by atoms with Gasteiger partial charge in [-0.05, 0) is 69.3 Å². The minimum absolute atomic E-state index is 0. The maximum Gasteiger partial charge on any atom is 0.233 e. The highest BCUT2D eigenvalue weighted by Gasteiger charge is 2.45. The minimum atomic E-state index is -0.303. The molecule has 1 aromatic rings. The molecule has 1 N–H and O–H groups in total. The van der Waals surface area contributed by atoms with Gasteiger partial charge in [0.15, 0.2) is 0 Å². The van der Waals surface area contributed by atoms with Crippen molar-refractivity contribution in [3.05, 3.63) is 34.9 Å². The summed E-state index contributed by atoms with van der Waals surface area (Å²) in [6.45, 7) is 2.92. The molecule has 1 heterocycles. The second-order valence-corrected chi connectivity index (χ2v) is 7.86. The molecule has 0 atom stereocenters. The van der Waals surface area contributed by atoms with Crippen molar-refractivity contribution >= 4 is 29.9 Å². The molecule has 1 aliphatic carbocycles. The van der Waals surface area contributed by atoms with Crippen molar-refractivity contribution in [2.24, 2.45) is 5.92 Å². The molecule has 1 amide bonds. The standard InChI is InChI=1S/C20H29ClN2O.ClH/c1-22-13-8-16-9-14-23(15-10-16)19(24)20(11-2-3-12-20)17-4-6-18(21)7-5-17;/h4-7,16,22H,2-3,8-15H2,1H3;1H. The first kappa shape index (κ1) is 20.5. The van der Waals surface area contributed by atoms with E-state index in [2.05, 4.69) is 22.3 Å². The maximum absolute atomic E-state index is 13.4. The fourth-order valence-electron chi connectivity index (χ4n) is 4.45. The van der Waals surface area contributed by atoms with E-state index >= 15 is 0 Å². The number of hydrogen-bond acceptors (Lipinski definition) is 2. The number of benzene rings is 1. The van der Waals surface area contributed by atoms with Crippen molar-refractivity contribution < 1.29 is 4.79 Å². The second kappa shape index (κ2) is 9.25. The molecule has 0 bridgehead atoms. The Morgan fingerprint density at radius 3 is 2.36 bits per heavy atom. The van der Waals surface area contributed by atoms with Crippen molar-refractivity contribution in [3.8, 4) is 0 Å². The van der Waals surface area contributed by atoms with Crippen LogP contribution in [0, 0.1) is 5.92 Å². The van der Waals surface area contributed by atoms with Crippen LogP contribution in [0.1, 0.15) is 50.5 Å².